The number of carbonyl (C=O) groups is 1. The van der Waals surface area contributed by atoms with E-state index in [4.69, 9.17) is 4.43 Å². The molecule has 0 heterocycles. The highest BCUT2D eigenvalue weighted by Crippen LogP contribution is 2.07. The fraction of sp³-hybridized carbons (Fsp3) is 0.800. The van der Waals surface area contributed by atoms with Crippen molar-refractivity contribution in [2.75, 3.05) is 4.95 Å². The van der Waals surface area contributed by atoms with Gasteiger partial charge in [0.25, 0.3) is 14.3 Å². The fourth-order valence-electron chi connectivity index (χ4n) is 0.416. The molecule has 0 atom stereocenters. The largest absolute Gasteiger partial charge is 0.519 e. The van der Waals surface area contributed by atoms with Crippen LogP contribution in [0.15, 0.2) is 0 Å². The molecule has 0 amide bonds. The molecule has 0 bridgehead atoms. The van der Waals surface area contributed by atoms with E-state index in [-0.39, 0.29) is 5.97 Å². The zero-order valence-corrected chi connectivity index (χ0v) is 8.49. The normalized spacial score (nSPS) is 11.1. The van der Waals surface area contributed by atoms with Gasteiger partial charge in [0.2, 0.25) is 0 Å². The number of carbonyl (C=O) groups excluding carboxylic acids is 1. The summed E-state index contributed by atoms with van der Waals surface area (Å²) in [6.07, 6.45) is 0. The van der Waals surface area contributed by atoms with Crippen LogP contribution in [-0.4, -0.2) is 19.2 Å². The lowest BCUT2D eigenvalue weighted by Crippen LogP contribution is -2.34. The van der Waals surface area contributed by atoms with E-state index >= 15 is 0 Å². The van der Waals surface area contributed by atoms with Gasteiger partial charge in [0.15, 0.2) is 0 Å². The molecule has 0 radical (unpaired) electrons. The minimum Gasteiger partial charge on any atom is -0.519 e. The van der Waals surface area contributed by atoms with Crippen LogP contribution in [0.5, 0.6) is 0 Å². The van der Waals surface area contributed by atoms with Gasteiger partial charge in [0, 0.05) is 11.9 Å². The summed E-state index contributed by atoms with van der Waals surface area (Å²) in [7, 11) is -1.67. The van der Waals surface area contributed by atoms with Crippen LogP contribution in [0, 0.1) is 0 Å². The van der Waals surface area contributed by atoms with Crippen LogP contribution >= 0.6 is 15.9 Å². The second-order valence-corrected chi connectivity index (χ2v) is 8.16. The van der Waals surface area contributed by atoms with Crippen LogP contribution < -0.4 is 0 Å². The molecule has 0 unspecified atom stereocenters. The molecule has 0 aliphatic heterocycles. The van der Waals surface area contributed by atoms with Gasteiger partial charge in [-0.2, -0.15) is 0 Å². The Morgan fingerprint density at radius 3 is 2.22 bits per heavy atom. The predicted octanol–water partition coefficient (Wildman–Crippen LogP) is 1.69. The summed E-state index contributed by atoms with van der Waals surface area (Å²) in [6, 6.07) is 0. The monoisotopic (exact) mass is 210 g/mol. The van der Waals surface area contributed by atoms with E-state index in [1.54, 1.807) is 0 Å². The maximum absolute atomic E-state index is 10.4. The fourth-order valence-corrected chi connectivity index (χ4v) is 1.59. The smallest absolute Gasteiger partial charge is 0.289 e. The van der Waals surface area contributed by atoms with Gasteiger partial charge in [-0.3, -0.25) is 4.79 Å². The van der Waals surface area contributed by atoms with Crippen molar-refractivity contribution in [3.63, 3.8) is 0 Å². The summed E-state index contributed by atoms with van der Waals surface area (Å²) in [5, 5.41) is 0. The maximum Gasteiger partial charge on any atom is 0.289 e. The predicted molar refractivity (Wildman–Crippen MR) is 43.0 cm³/mol. The zero-order chi connectivity index (χ0) is 7.49. The third-order valence-corrected chi connectivity index (χ3v) is 6.28. The first-order valence-electron chi connectivity index (χ1n) is 2.73. The molecule has 0 N–H and O–H groups in total. The zero-order valence-electron chi connectivity index (χ0n) is 5.90. The van der Waals surface area contributed by atoms with Crippen LogP contribution in [0.2, 0.25) is 13.1 Å². The van der Waals surface area contributed by atoms with Crippen LogP contribution in [0.3, 0.4) is 0 Å². The first-order valence-corrected chi connectivity index (χ1v) is 6.97. The average molecular weight is 211 g/mol. The molecule has 0 fully saturated rings. The molecule has 0 aliphatic carbocycles. The molecule has 0 aliphatic rings. The van der Waals surface area contributed by atoms with E-state index in [1.165, 1.54) is 6.92 Å². The molecule has 4 heteroatoms. The van der Waals surface area contributed by atoms with Gasteiger partial charge in [-0.1, -0.05) is 15.9 Å². The lowest BCUT2D eigenvalue weighted by atomic mass is 10.9. The molecular weight excluding hydrogens is 200 g/mol. The summed E-state index contributed by atoms with van der Waals surface area (Å²) in [5.41, 5.74) is 0. The SMILES string of the molecule is CC(=O)O[Si](C)(C)CBr. The van der Waals surface area contributed by atoms with E-state index in [0.29, 0.717) is 0 Å². The van der Waals surface area contributed by atoms with Crippen molar-refractivity contribution in [1.29, 1.82) is 0 Å². The lowest BCUT2D eigenvalue weighted by Gasteiger charge is -2.17. The highest BCUT2D eigenvalue weighted by Gasteiger charge is 2.23. The van der Waals surface area contributed by atoms with E-state index in [9.17, 15) is 4.79 Å². The Kier molecular flexibility index (Phi) is 3.43. The van der Waals surface area contributed by atoms with E-state index in [1.807, 2.05) is 13.1 Å². The second-order valence-electron chi connectivity index (χ2n) is 2.49. The summed E-state index contributed by atoms with van der Waals surface area (Å²) in [6.45, 7) is 5.42. The first kappa shape index (κ1) is 9.17. The van der Waals surface area contributed by atoms with Gasteiger partial charge < -0.3 is 4.43 Å². The number of rotatable bonds is 2. The second kappa shape index (κ2) is 3.36. The van der Waals surface area contributed by atoms with Crippen molar-refractivity contribution in [2.24, 2.45) is 0 Å². The third kappa shape index (κ3) is 4.66. The van der Waals surface area contributed by atoms with Crippen molar-refractivity contribution >= 4 is 30.2 Å². The summed E-state index contributed by atoms with van der Waals surface area (Å²) >= 11 is 3.28. The average Bonchev–Trinajstić information content (AvgIpc) is 1.63. The molecule has 0 spiro atoms. The van der Waals surface area contributed by atoms with Gasteiger partial charge in [-0.25, -0.2) is 0 Å². The molecule has 2 nitrogen and oxygen atoms in total. The van der Waals surface area contributed by atoms with Gasteiger partial charge >= 0.3 is 0 Å². The molecule has 0 rings (SSSR count). The number of halogens is 1. The Balaban J connectivity index is 3.71. The van der Waals surface area contributed by atoms with Gasteiger partial charge in [-0.15, -0.1) is 0 Å². The molecule has 0 saturated heterocycles. The molecule has 0 saturated carbocycles. The van der Waals surface area contributed by atoms with Gasteiger partial charge in [0.1, 0.15) is 0 Å². The molecule has 0 aromatic carbocycles. The summed E-state index contributed by atoms with van der Waals surface area (Å²) in [5.74, 6) is -0.175. The van der Waals surface area contributed by atoms with Crippen molar-refractivity contribution in [2.45, 2.75) is 20.0 Å². The Morgan fingerprint density at radius 2 is 2.11 bits per heavy atom. The van der Waals surface area contributed by atoms with Crippen LogP contribution in [0.4, 0.5) is 0 Å². The summed E-state index contributed by atoms with van der Waals surface area (Å²) < 4.78 is 5.04. The van der Waals surface area contributed by atoms with E-state index < -0.39 is 8.32 Å². The Labute approximate surface area is 64.8 Å². The number of hydrogen-bond donors (Lipinski definition) is 0. The molecule has 54 valence electrons. The van der Waals surface area contributed by atoms with E-state index in [2.05, 4.69) is 15.9 Å². The van der Waals surface area contributed by atoms with Crippen LogP contribution in [0.1, 0.15) is 6.92 Å². The minimum absolute atomic E-state index is 0.175. The Hall–Kier alpha value is 0.167. The topological polar surface area (TPSA) is 26.3 Å². The molecular formula is C5H11BrO2Si. The third-order valence-electron chi connectivity index (χ3n) is 0.742. The molecule has 0 aromatic rings. The summed E-state index contributed by atoms with van der Waals surface area (Å²) in [4.78, 5) is 11.2. The molecule has 0 aromatic heterocycles. The molecule has 9 heavy (non-hydrogen) atoms. The Morgan fingerprint density at radius 1 is 1.67 bits per heavy atom. The first-order chi connectivity index (χ1) is 3.98. The Bertz CT molecular complexity index is 114. The number of alkyl halides is 1. The van der Waals surface area contributed by atoms with E-state index in [0.717, 1.165) is 4.95 Å². The van der Waals surface area contributed by atoms with Crippen molar-refractivity contribution in [3.05, 3.63) is 0 Å². The highest BCUT2D eigenvalue weighted by atomic mass is 79.9. The van der Waals surface area contributed by atoms with Crippen molar-refractivity contribution in [1.82, 2.24) is 0 Å². The van der Waals surface area contributed by atoms with Crippen LogP contribution in [-0.2, 0) is 9.22 Å². The minimum atomic E-state index is -1.67. The number of hydrogen-bond acceptors (Lipinski definition) is 2. The van der Waals surface area contributed by atoms with Crippen molar-refractivity contribution in [3.8, 4) is 0 Å². The van der Waals surface area contributed by atoms with Gasteiger partial charge in [0.05, 0.1) is 0 Å². The van der Waals surface area contributed by atoms with Crippen LogP contribution in [0.25, 0.3) is 0 Å². The maximum atomic E-state index is 10.4. The standard InChI is InChI=1S/C5H11BrO2Si/c1-5(7)8-9(2,3)4-6/h4H2,1-3H3. The quantitative estimate of drug-likeness (QED) is 0.513. The lowest BCUT2D eigenvalue weighted by molar-refractivity contribution is -0.132. The highest BCUT2D eigenvalue weighted by molar-refractivity contribution is 9.09. The van der Waals surface area contributed by atoms with Crippen molar-refractivity contribution < 1.29 is 9.22 Å². The van der Waals surface area contributed by atoms with Gasteiger partial charge in [-0.05, 0) is 13.1 Å².